The second-order valence-corrected chi connectivity index (χ2v) is 7.13. The summed E-state index contributed by atoms with van der Waals surface area (Å²) in [5, 5.41) is 3.81. The van der Waals surface area contributed by atoms with E-state index in [1.165, 1.54) is 46.8 Å². The van der Waals surface area contributed by atoms with Crippen LogP contribution in [0.1, 0.15) is 41.5 Å². The number of aromatic amines is 1. The molecule has 4 aromatic rings. The van der Waals surface area contributed by atoms with E-state index in [4.69, 9.17) is 0 Å². The van der Waals surface area contributed by atoms with Crippen LogP contribution in [0.25, 0.3) is 21.7 Å². The van der Waals surface area contributed by atoms with Crippen LogP contribution in [0, 0.1) is 32.8 Å². The molecule has 1 aromatic heterocycles. The van der Waals surface area contributed by atoms with Gasteiger partial charge in [-0.2, -0.15) is 76.6 Å². The van der Waals surface area contributed by atoms with E-state index in [1.807, 2.05) is 30.5 Å². The molecule has 0 spiro atoms. The molecule has 0 aliphatic rings. The van der Waals surface area contributed by atoms with Crippen molar-refractivity contribution in [3.05, 3.63) is 106 Å². The smallest absolute Gasteiger partial charge is 0.0662 e. The molecule has 2 heteroatoms. The first-order chi connectivity index (χ1) is 13.4. The summed E-state index contributed by atoms with van der Waals surface area (Å²) in [7, 11) is 0. The summed E-state index contributed by atoms with van der Waals surface area (Å²) in [6.07, 6.45) is 1.82. The Kier molecular flexibility index (Phi) is 22.7. The van der Waals surface area contributed by atoms with Crippen LogP contribution >= 0.6 is 0 Å². The van der Waals surface area contributed by atoms with E-state index < -0.39 is 0 Å². The Morgan fingerprint density at radius 1 is 0.800 bits per heavy atom. The summed E-state index contributed by atoms with van der Waals surface area (Å²) in [4.78, 5) is 3.06. The van der Waals surface area contributed by atoms with Crippen molar-refractivity contribution in [2.45, 2.75) is 41.5 Å². The summed E-state index contributed by atoms with van der Waals surface area (Å²) in [6.45, 7) is 12.5. The van der Waals surface area contributed by atoms with Gasteiger partial charge in [-0.3, -0.25) is 0 Å². The number of hydrogen-bond donors (Lipinski definition) is 1. The number of benzene rings is 2. The number of H-pyrrole nitrogens is 1. The van der Waals surface area contributed by atoms with Crippen LogP contribution in [0.2, 0.25) is 0 Å². The maximum atomic E-state index is 3.34. The Labute approximate surface area is 201 Å². The van der Waals surface area contributed by atoms with E-state index >= 15 is 0 Å². The van der Waals surface area contributed by atoms with Gasteiger partial charge in [0.1, 0.15) is 0 Å². The van der Waals surface area contributed by atoms with E-state index in [0.717, 1.165) is 10.9 Å². The van der Waals surface area contributed by atoms with Crippen molar-refractivity contribution in [3.63, 3.8) is 0 Å². The topological polar surface area (TPSA) is 15.8 Å². The molecular formula is C28H39NZr-6. The van der Waals surface area contributed by atoms with Crippen molar-refractivity contribution in [1.29, 1.82) is 0 Å². The van der Waals surface area contributed by atoms with Gasteiger partial charge >= 0.3 is 28.4 Å². The third-order valence-corrected chi connectivity index (χ3v) is 2.93. The van der Waals surface area contributed by atoms with Crippen LogP contribution in [0.3, 0.4) is 0 Å². The van der Waals surface area contributed by atoms with Gasteiger partial charge in [-0.1, -0.05) is 29.9 Å². The predicted octanol–water partition coefficient (Wildman–Crippen LogP) is 8.63. The molecule has 0 aliphatic heterocycles. The molecule has 0 fully saturated rings. The van der Waals surface area contributed by atoms with Gasteiger partial charge in [0.15, 0.2) is 0 Å². The van der Waals surface area contributed by atoms with E-state index in [0.29, 0.717) is 0 Å². The van der Waals surface area contributed by atoms with Gasteiger partial charge in [0.05, 0.1) is 0 Å². The number of rotatable bonds is 0. The molecule has 0 bridgehead atoms. The molecule has 4 rings (SSSR count). The van der Waals surface area contributed by atoms with Crippen molar-refractivity contribution in [3.8, 4) is 0 Å². The second kappa shape index (κ2) is 20.6. The standard InChI is InChI=1S/C9H7.C8H6N.2C4H9.2CH3.CH2.Zr/c1-2-5-9-7-3-6-8(9)4-1;1-2-4-8-7(3-1)5-6-9-8;2*1-4(2)3;;;;/h1-7H;1-4,6,9H;2*1-3H3;2*1H3;1H2;/q6*-1;;. The molecule has 1 nitrogen and oxygen atoms in total. The quantitative estimate of drug-likeness (QED) is 0.242. The second-order valence-electron chi connectivity index (χ2n) is 7.13. The normalized spacial score (nSPS) is 8.63. The molecule has 0 aliphatic carbocycles. The van der Waals surface area contributed by atoms with Gasteiger partial charge in [0.2, 0.25) is 0 Å². The number of aromatic nitrogens is 1. The Hall–Kier alpha value is -1.66. The Bertz CT molecular complexity index is 717. The third-order valence-electron chi connectivity index (χ3n) is 2.93. The molecular weight excluding hydrogens is 442 g/mol. The fraction of sp³-hybridized carbons (Fsp3) is 0.214. The molecule has 30 heavy (non-hydrogen) atoms. The molecule has 0 radical (unpaired) electrons. The molecule has 0 amide bonds. The van der Waals surface area contributed by atoms with E-state index in [-0.39, 0.29) is 14.9 Å². The predicted molar refractivity (Wildman–Crippen MR) is 137 cm³/mol. The van der Waals surface area contributed by atoms with Crippen LogP contribution in [0.5, 0.6) is 0 Å². The monoisotopic (exact) mass is 479 g/mol. The summed E-state index contributed by atoms with van der Waals surface area (Å²) >= 11 is 1.30. The molecule has 166 valence electrons. The average molecular weight is 481 g/mol. The molecule has 1 heterocycles. The van der Waals surface area contributed by atoms with Gasteiger partial charge < -0.3 is 31.7 Å². The fourth-order valence-corrected chi connectivity index (χ4v) is 2.00. The van der Waals surface area contributed by atoms with Crippen molar-refractivity contribution >= 4 is 25.9 Å². The molecule has 0 atom stereocenters. The zero-order valence-corrected chi connectivity index (χ0v) is 22.6. The summed E-state index contributed by atoms with van der Waals surface area (Å²) in [6, 6.07) is 25.8. The van der Waals surface area contributed by atoms with Crippen LogP contribution < -0.4 is 0 Å². The maximum Gasteiger partial charge on any atom is -0.0662 e. The zero-order valence-electron chi connectivity index (χ0n) is 20.1. The van der Waals surface area contributed by atoms with Gasteiger partial charge in [-0.05, 0) is 0 Å². The van der Waals surface area contributed by atoms with Gasteiger partial charge in [0, 0.05) is 0 Å². The van der Waals surface area contributed by atoms with Crippen LogP contribution in [0.15, 0.2) is 72.9 Å². The first-order valence-electron chi connectivity index (χ1n) is 9.33. The van der Waals surface area contributed by atoms with Gasteiger partial charge in [-0.25, -0.2) is 0 Å². The first-order valence-corrected chi connectivity index (χ1v) is 11.1. The minimum atomic E-state index is 0. The molecule has 1 N–H and O–H groups in total. The maximum absolute atomic E-state index is 3.34. The number of fused-ring (bicyclic) bond motifs is 2. The van der Waals surface area contributed by atoms with E-state index in [2.05, 4.69) is 99.3 Å². The Morgan fingerprint density at radius 2 is 1.30 bits per heavy atom. The molecule has 0 saturated carbocycles. The number of nitrogens with one attached hydrogen (secondary N) is 1. The van der Waals surface area contributed by atoms with Gasteiger partial charge in [-0.15, -0.1) is 35.7 Å². The third kappa shape index (κ3) is 16.2. The SMILES string of the molecule is C[C-](C)C.C[C-](C)C.[CH2]=[Zr].[CH3-].[CH3-].[c-]1c[nH]c2ccccc12.c1ccc2[cH-]ccc2c1. The minimum Gasteiger partial charge on any atom is -0.424 e. The van der Waals surface area contributed by atoms with E-state index in [9.17, 15) is 0 Å². The van der Waals surface area contributed by atoms with Crippen molar-refractivity contribution in [2.24, 2.45) is 0 Å². The van der Waals surface area contributed by atoms with Crippen molar-refractivity contribution in [1.82, 2.24) is 4.98 Å². The molecule has 0 unspecified atom stereocenters. The van der Waals surface area contributed by atoms with E-state index in [1.54, 1.807) is 0 Å². The minimum absolute atomic E-state index is 0. The average Bonchev–Trinajstić information content (AvgIpc) is 3.32. The molecule has 0 saturated heterocycles. The van der Waals surface area contributed by atoms with Crippen molar-refractivity contribution in [2.75, 3.05) is 0 Å². The fourth-order valence-electron chi connectivity index (χ4n) is 2.00. The van der Waals surface area contributed by atoms with Crippen LogP contribution in [0.4, 0.5) is 0 Å². The largest absolute Gasteiger partial charge is 0.424 e. The zero-order chi connectivity index (χ0) is 21.4. The summed E-state index contributed by atoms with van der Waals surface area (Å²) < 4.78 is 3.34. The van der Waals surface area contributed by atoms with Crippen LogP contribution in [-0.4, -0.2) is 9.20 Å². The Morgan fingerprint density at radius 3 is 1.83 bits per heavy atom. The summed E-state index contributed by atoms with van der Waals surface area (Å²) in [5.41, 5.74) is 1.15. The molecule has 3 aromatic carbocycles. The number of hydrogen-bond acceptors (Lipinski definition) is 0. The Balaban J connectivity index is -0.000000329. The van der Waals surface area contributed by atoms with Gasteiger partial charge in [0.25, 0.3) is 0 Å². The van der Waals surface area contributed by atoms with Crippen LogP contribution in [-0.2, 0) is 24.2 Å². The van der Waals surface area contributed by atoms with Crippen molar-refractivity contribution < 1.29 is 24.2 Å². The first kappa shape index (κ1) is 33.0. The number of para-hydroxylation sites is 1. The summed E-state index contributed by atoms with van der Waals surface area (Å²) in [5.74, 6) is 2.83.